The molecule has 0 atom stereocenters. The lowest BCUT2D eigenvalue weighted by Crippen LogP contribution is -2.19. The molecule has 0 bridgehead atoms. The van der Waals surface area contributed by atoms with E-state index in [4.69, 9.17) is 5.11 Å². The summed E-state index contributed by atoms with van der Waals surface area (Å²) in [5, 5.41) is 21.1. The molecule has 5 nitrogen and oxygen atoms in total. The first-order valence-corrected chi connectivity index (χ1v) is 6.48. The number of hydrogen-bond donors (Lipinski definition) is 1. The molecule has 2 aromatic carbocycles. The van der Waals surface area contributed by atoms with Crippen molar-refractivity contribution in [3.8, 4) is 0 Å². The average Bonchev–Trinajstić information content (AvgIpc) is 2.53. The van der Waals surface area contributed by atoms with E-state index in [0.29, 0.717) is 12.2 Å². The number of pyridine rings is 1. The molecule has 0 fully saturated rings. The molecule has 0 unspecified atom stereocenters. The fraction of sp³-hybridized carbons (Fsp3) is 0. The fourth-order valence-electron chi connectivity index (χ4n) is 2.01. The number of fused-ring (bicyclic) bond motifs is 3. The van der Waals surface area contributed by atoms with Gasteiger partial charge in [-0.15, -0.1) is 0 Å². The predicted octanol–water partition coefficient (Wildman–Crippen LogP) is 1.18. The molecular formula is C17H13NO4. The van der Waals surface area contributed by atoms with Crippen molar-refractivity contribution in [1.82, 2.24) is 0 Å². The smallest absolute Gasteiger partial charge is 0.328 e. The van der Waals surface area contributed by atoms with Crippen molar-refractivity contribution in [2.75, 3.05) is 0 Å². The first-order valence-electron chi connectivity index (χ1n) is 6.48. The van der Waals surface area contributed by atoms with Crippen LogP contribution >= 0.6 is 0 Å². The Kier molecular flexibility index (Phi) is 4.82. The third-order valence-electron chi connectivity index (χ3n) is 2.92. The second-order valence-corrected chi connectivity index (χ2v) is 4.41. The van der Waals surface area contributed by atoms with Gasteiger partial charge >= 0.3 is 5.97 Å². The molecule has 0 saturated heterocycles. The van der Waals surface area contributed by atoms with Crippen molar-refractivity contribution in [2.24, 2.45) is 0 Å². The molecule has 0 saturated carbocycles. The van der Waals surface area contributed by atoms with Crippen LogP contribution in [-0.4, -0.2) is 17.0 Å². The predicted molar refractivity (Wildman–Crippen MR) is 79.8 cm³/mol. The topological polar surface area (TPSA) is 91.6 Å². The van der Waals surface area contributed by atoms with Crippen LogP contribution in [0.5, 0.6) is 0 Å². The molecule has 2 N–H and O–H groups in total. The van der Waals surface area contributed by atoms with Crippen LogP contribution in [-0.2, 0) is 9.59 Å². The van der Waals surface area contributed by atoms with Crippen LogP contribution in [0.15, 0.2) is 66.9 Å². The van der Waals surface area contributed by atoms with Gasteiger partial charge < -0.3 is 15.0 Å². The molecule has 1 heterocycles. The first-order chi connectivity index (χ1) is 10.6. The van der Waals surface area contributed by atoms with Gasteiger partial charge in [0, 0.05) is 22.9 Å². The van der Waals surface area contributed by atoms with Crippen LogP contribution in [0.3, 0.4) is 0 Å². The quantitative estimate of drug-likeness (QED) is 0.567. The standard InChI is InChI=1S/C13H9N.C4H4O4/c1-2-6-11-10(5-1)9-14-13-8-4-3-7-12(11)13;5-3(6)1-2-4(7)8/h1-9H;1-2H,(H,5,6)(H,7,8)/b;2-1-. The summed E-state index contributed by atoms with van der Waals surface area (Å²) in [5.41, 5.74) is 1.19. The lowest BCUT2D eigenvalue weighted by Gasteiger charge is -1.97. The van der Waals surface area contributed by atoms with Crippen LogP contribution in [0.1, 0.15) is 0 Å². The van der Waals surface area contributed by atoms with Gasteiger partial charge in [0.1, 0.15) is 0 Å². The van der Waals surface area contributed by atoms with Crippen molar-refractivity contribution in [2.45, 2.75) is 0 Å². The Balaban J connectivity index is 0.000000192. The molecular weight excluding hydrogens is 282 g/mol. The van der Waals surface area contributed by atoms with Crippen LogP contribution in [0, 0.1) is 0 Å². The molecule has 0 spiro atoms. The number of hydrogen-bond acceptors (Lipinski definition) is 3. The zero-order valence-electron chi connectivity index (χ0n) is 11.5. The molecule has 0 aliphatic carbocycles. The number of para-hydroxylation sites is 1. The zero-order valence-corrected chi connectivity index (χ0v) is 11.5. The Bertz CT molecular complexity index is 785. The van der Waals surface area contributed by atoms with Crippen molar-refractivity contribution in [3.05, 3.63) is 66.9 Å². The zero-order chi connectivity index (χ0) is 15.9. The highest BCUT2D eigenvalue weighted by atomic mass is 16.4. The molecule has 3 rings (SSSR count). The Morgan fingerprint density at radius 3 is 2.23 bits per heavy atom. The minimum absolute atomic E-state index is 0.447. The summed E-state index contributed by atoms with van der Waals surface area (Å²) in [4.78, 5) is 22.3. The van der Waals surface area contributed by atoms with E-state index < -0.39 is 11.9 Å². The summed E-state index contributed by atoms with van der Waals surface area (Å²) < 4.78 is 0. The van der Waals surface area contributed by atoms with Gasteiger partial charge in [0.2, 0.25) is 5.52 Å². The molecule has 0 radical (unpaired) electrons. The second-order valence-electron chi connectivity index (χ2n) is 4.41. The number of benzene rings is 2. The maximum absolute atomic E-state index is 9.53. The third-order valence-corrected chi connectivity index (χ3v) is 2.92. The number of H-pyrrole nitrogens is 1. The van der Waals surface area contributed by atoms with Gasteiger partial charge in [-0.2, -0.15) is 0 Å². The van der Waals surface area contributed by atoms with E-state index in [1.807, 2.05) is 6.07 Å². The van der Waals surface area contributed by atoms with Crippen LogP contribution in [0.4, 0.5) is 0 Å². The van der Waals surface area contributed by atoms with E-state index in [1.54, 1.807) is 0 Å². The summed E-state index contributed by atoms with van der Waals surface area (Å²) in [6, 6.07) is 16.8. The van der Waals surface area contributed by atoms with E-state index in [9.17, 15) is 14.7 Å². The van der Waals surface area contributed by atoms with Crippen molar-refractivity contribution in [1.29, 1.82) is 0 Å². The Labute approximate surface area is 126 Å². The van der Waals surface area contributed by atoms with Crippen LogP contribution in [0.2, 0.25) is 0 Å². The summed E-state index contributed by atoms with van der Waals surface area (Å²) in [5.74, 6) is -2.80. The average molecular weight is 295 g/mol. The minimum Gasteiger partial charge on any atom is -0.545 e. The number of aromatic amines is 1. The molecule has 0 amide bonds. The summed E-state index contributed by atoms with van der Waals surface area (Å²) in [6.45, 7) is 0. The Hall–Kier alpha value is -3.21. The molecule has 110 valence electrons. The number of aliphatic carboxylic acids is 2. The highest BCUT2D eigenvalue weighted by molar-refractivity contribution is 6.03. The van der Waals surface area contributed by atoms with Gasteiger partial charge in [0.05, 0.1) is 11.4 Å². The van der Waals surface area contributed by atoms with Gasteiger partial charge in [0.15, 0.2) is 6.20 Å². The summed E-state index contributed by atoms with van der Waals surface area (Å²) in [7, 11) is 0. The monoisotopic (exact) mass is 295 g/mol. The van der Waals surface area contributed by atoms with E-state index in [0.717, 1.165) is 0 Å². The number of carboxylic acid groups (broad SMARTS) is 2. The number of rotatable bonds is 2. The van der Waals surface area contributed by atoms with Gasteiger partial charge in [-0.1, -0.05) is 30.3 Å². The van der Waals surface area contributed by atoms with Crippen LogP contribution in [0.25, 0.3) is 21.7 Å². The van der Waals surface area contributed by atoms with Gasteiger partial charge in [-0.05, 0) is 18.2 Å². The van der Waals surface area contributed by atoms with Crippen molar-refractivity contribution in [3.63, 3.8) is 0 Å². The summed E-state index contributed by atoms with van der Waals surface area (Å²) >= 11 is 0. The number of nitrogens with one attached hydrogen (secondary N) is 1. The van der Waals surface area contributed by atoms with E-state index >= 15 is 0 Å². The van der Waals surface area contributed by atoms with E-state index in [1.165, 1.54) is 21.7 Å². The van der Waals surface area contributed by atoms with Crippen molar-refractivity contribution >= 4 is 33.6 Å². The molecule has 3 aromatic rings. The number of carbonyl (C=O) groups excluding carboxylic acids is 1. The van der Waals surface area contributed by atoms with Gasteiger partial charge in [-0.3, -0.25) is 0 Å². The first kappa shape index (κ1) is 15.2. The molecule has 1 aromatic heterocycles. The van der Waals surface area contributed by atoms with Crippen molar-refractivity contribution < 1.29 is 24.8 Å². The van der Waals surface area contributed by atoms with E-state index in [2.05, 4.69) is 53.6 Å². The minimum atomic E-state index is -1.51. The number of carbonyl (C=O) groups is 2. The third kappa shape index (κ3) is 3.89. The highest BCUT2D eigenvalue weighted by Crippen LogP contribution is 2.20. The lowest BCUT2D eigenvalue weighted by molar-refractivity contribution is -0.342. The normalized spacial score (nSPS) is 10.4. The second kappa shape index (κ2) is 6.99. The Morgan fingerprint density at radius 2 is 1.59 bits per heavy atom. The van der Waals surface area contributed by atoms with E-state index in [-0.39, 0.29) is 0 Å². The molecule has 0 aliphatic rings. The molecule has 22 heavy (non-hydrogen) atoms. The lowest BCUT2D eigenvalue weighted by atomic mass is 10.1. The number of carboxylic acids is 2. The largest absolute Gasteiger partial charge is 0.545 e. The maximum Gasteiger partial charge on any atom is 0.328 e. The Morgan fingerprint density at radius 1 is 0.955 bits per heavy atom. The van der Waals surface area contributed by atoms with Crippen LogP contribution < -0.4 is 10.1 Å². The highest BCUT2D eigenvalue weighted by Gasteiger charge is 2.03. The van der Waals surface area contributed by atoms with Gasteiger partial charge in [0.25, 0.3) is 0 Å². The number of aromatic nitrogens is 1. The SMILES string of the molecule is O=C([O-])/C=C\C(=O)O.c1ccc2c(c1)c[nH+]c1ccccc12. The molecule has 5 heteroatoms. The maximum atomic E-state index is 9.53. The summed E-state index contributed by atoms with van der Waals surface area (Å²) in [6.07, 6.45) is 3.00. The molecule has 0 aliphatic heterocycles. The van der Waals surface area contributed by atoms with Gasteiger partial charge in [-0.25, -0.2) is 9.78 Å². The fourth-order valence-corrected chi connectivity index (χ4v) is 2.01.